The Kier molecular flexibility index (Phi) is 5.19. The Balaban J connectivity index is 1.92. The maximum Gasteiger partial charge on any atom is 0.316 e. The average molecular weight is 313 g/mol. The molecular weight excluding hydrogens is 294 g/mol. The van der Waals surface area contributed by atoms with Gasteiger partial charge in [-0.15, -0.1) is 0 Å². The Bertz CT molecular complexity index is 717. The van der Waals surface area contributed by atoms with Crippen molar-refractivity contribution in [2.45, 2.75) is 19.9 Å². The number of furan rings is 1. The fraction of sp³-hybridized carbons (Fsp3) is 0.176. The van der Waals surface area contributed by atoms with Gasteiger partial charge >= 0.3 is 6.03 Å². The molecule has 1 unspecified atom stereocenters. The number of urea groups is 1. The number of amides is 3. The fourth-order valence-electron chi connectivity index (χ4n) is 2.04. The molecule has 0 saturated heterocycles. The minimum atomic E-state index is -0.614. The predicted molar refractivity (Wildman–Crippen MR) is 88.7 cm³/mol. The molecule has 0 aliphatic carbocycles. The summed E-state index contributed by atoms with van der Waals surface area (Å²) in [6.45, 7) is 3.72. The quantitative estimate of drug-likeness (QED) is 0.740. The number of carbonyl (C=O) groups excluding carboxylic acids is 2. The van der Waals surface area contributed by atoms with E-state index in [1.165, 1.54) is 6.08 Å². The lowest BCUT2D eigenvalue weighted by atomic mass is 10.1. The van der Waals surface area contributed by atoms with E-state index in [0.29, 0.717) is 11.4 Å². The van der Waals surface area contributed by atoms with E-state index >= 15 is 0 Å². The molecule has 0 aliphatic heterocycles. The Hall–Kier alpha value is -3.02. The van der Waals surface area contributed by atoms with Gasteiger partial charge in [-0.1, -0.05) is 12.1 Å². The zero-order valence-electron chi connectivity index (χ0n) is 13.0. The highest BCUT2D eigenvalue weighted by Crippen LogP contribution is 2.16. The van der Waals surface area contributed by atoms with E-state index in [1.807, 2.05) is 32.0 Å². The van der Waals surface area contributed by atoms with Crippen molar-refractivity contribution in [1.82, 2.24) is 5.32 Å². The molecule has 4 N–H and O–H groups in total. The lowest BCUT2D eigenvalue weighted by molar-refractivity contribution is -0.117. The summed E-state index contributed by atoms with van der Waals surface area (Å²) in [6.07, 6.45) is 3.05. The lowest BCUT2D eigenvalue weighted by Gasteiger charge is -2.13. The maximum absolute atomic E-state index is 11.9. The first kappa shape index (κ1) is 16.4. The second kappa shape index (κ2) is 7.31. The van der Waals surface area contributed by atoms with E-state index in [4.69, 9.17) is 10.2 Å². The SMILES string of the molecule is Cc1ccc(C=CC(=O)NC(C)c2ccc(NC(N)=O)cc2)o1. The molecule has 6 nitrogen and oxygen atoms in total. The van der Waals surface area contributed by atoms with Crippen molar-refractivity contribution in [1.29, 1.82) is 0 Å². The monoisotopic (exact) mass is 313 g/mol. The molecule has 0 bridgehead atoms. The van der Waals surface area contributed by atoms with Crippen LogP contribution in [-0.2, 0) is 4.79 Å². The van der Waals surface area contributed by atoms with Crippen LogP contribution in [0.2, 0.25) is 0 Å². The Morgan fingerprint density at radius 1 is 1.17 bits per heavy atom. The summed E-state index contributed by atoms with van der Waals surface area (Å²) in [6, 6.07) is 9.93. The van der Waals surface area contributed by atoms with Crippen LogP contribution in [0.25, 0.3) is 6.08 Å². The predicted octanol–water partition coefficient (Wildman–Crippen LogP) is 2.97. The first-order chi connectivity index (χ1) is 10.9. The molecule has 6 heteroatoms. The normalized spacial score (nSPS) is 12.1. The van der Waals surface area contributed by atoms with Crippen molar-refractivity contribution in [2.75, 3.05) is 5.32 Å². The second-order valence-electron chi connectivity index (χ2n) is 5.12. The molecule has 0 fully saturated rings. The highest BCUT2D eigenvalue weighted by atomic mass is 16.3. The molecule has 0 radical (unpaired) electrons. The second-order valence-corrected chi connectivity index (χ2v) is 5.12. The van der Waals surface area contributed by atoms with Gasteiger partial charge in [0.25, 0.3) is 0 Å². The zero-order chi connectivity index (χ0) is 16.8. The third-order valence-electron chi connectivity index (χ3n) is 3.20. The average Bonchev–Trinajstić information content (AvgIpc) is 2.91. The fourth-order valence-corrected chi connectivity index (χ4v) is 2.04. The first-order valence-corrected chi connectivity index (χ1v) is 7.15. The van der Waals surface area contributed by atoms with Crippen LogP contribution in [0.15, 0.2) is 46.9 Å². The number of anilines is 1. The molecule has 120 valence electrons. The number of nitrogens with two attached hydrogens (primary N) is 1. The number of hydrogen-bond donors (Lipinski definition) is 3. The lowest BCUT2D eigenvalue weighted by Crippen LogP contribution is -2.24. The van der Waals surface area contributed by atoms with Crippen LogP contribution >= 0.6 is 0 Å². The molecular formula is C17H19N3O3. The van der Waals surface area contributed by atoms with Gasteiger partial charge in [-0.3, -0.25) is 4.79 Å². The number of aryl methyl sites for hydroxylation is 1. The Labute approximate surface area is 134 Å². The number of carbonyl (C=O) groups is 2. The van der Waals surface area contributed by atoms with Crippen LogP contribution in [0, 0.1) is 6.92 Å². The molecule has 3 amide bonds. The summed E-state index contributed by atoms with van der Waals surface area (Å²) in [5, 5.41) is 5.34. The zero-order valence-corrected chi connectivity index (χ0v) is 13.0. The Morgan fingerprint density at radius 3 is 2.43 bits per heavy atom. The highest BCUT2D eigenvalue weighted by molar-refractivity contribution is 5.91. The van der Waals surface area contributed by atoms with Gasteiger partial charge in [0.2, 0.25) is 5.91 Å². The van der Waals surface area contributed by atoms with E-state index < -0.39 is 6.03 Å². The number of hydrogen-bond acceptors (Lipinski definition) is 3. The highest BCUT2D eigenvalue weighted by Gasteiger charge is 2.08. The third kappa shape index (κ3) is 5.03. The van der Waals surface area contributed by atoms with Crippen molar-refractivity contribution in [3.63, 3.8) is 0 Å². The van der Waals surface area contributed by atoms with Gasteiger partial charge < -0.3 is 20.8 Å². The maximum atomic E-state index is 11.9. The first-order valence-electron chi connectivity index (χ1n) is 7.15. The van der Waals surface area contributed by atoms with Crippen LogP contribution in [0.5, 0.6) is 0 Å². The molecule has 1 heterocycles. The van der Waals surface area contributed by atoms with Gasteiger partial charge in [0, 0.05) is 11.8 Å². The standard InChI is InChI=1S/C17H19N3O3/c1-11-3-8-15(23-11)9-10-16(21)19-12(2)13-4-6-14(7-5-13)20-17(18)22/h3-10,12H,1-2H3,(H,19,21)(H3,18,20,22). The van der Waals surface area contributed by atoms with E-state index in [9.17, 15) is 9.59 Å². The van der Waals surface area contributed by atoms with Crippen LogP contribution in [-0.4, -0.2) is 11.9 Å². The van der Waals surface area contributed by atoms with Gasteiger partial charge in [-0.05, 0) is 49.8 Å². The van der Waals surface area contributed by atoms with Crippen molar-refractivity contribution in [3.8, 4) is 0 Å². The summed E-state index contributed by atoms with van der Waals surface area (Å²) in [5.74, 6) is 1.21. The van der Waals surface area contributed by atoms with Crippen molar-refractivity contribution < 1.29 is 14.0 Å². The van der Waals surface area contributed by atoms with Crippen molar-refractivity contribution in [3.05, 3.63) is 59.6 Å². The van der Waals surface area contributed by atoms with Crippen LogP contribution < -0.4 is 16.4 Å². The van der Waals surface area contributed by atoms with Gasteiger partial charge in [-0.25, -0.2) is 4.79 Å². The van der Waals surface area contributed by atoms with E-state index in [2.05, 4.69) is 10.6 Å². The molecule has 1 aromatic carbocycles. The summed E-state index contributed by atoms with van der Waals surface area (Å²) in [7, 11) is 0. The minimum absolute atomic E-state index is 0.173. The number of rotatable bonds is 5. The molecule has 1 atom stereocenters. The number of primary amides is 1. The van der Waals surface area contributed by atoms with Crippen LogP contribution in [0.3, 0.4) is 0 Å². The van der Waals surface area contributed by atoms with Crippen LogP contribution in [0.4, 0.5) is 10.5 Å². The molecule has 2 aromatic rings. The molecule has 0 spiro atoms. The summed E-state index contributed by atoms with van der Waals surface area (Å²) in [5.41, 5.74) is 6.57. The van der Waals surface area contributed by atoms with Gasteiger partial charge in [0.1, 0.15) is 11.5 Å². The molecule has 0 aliphatic rings. The largest absolute Gasteiger partial charge is 0.462 e. The minimum Gasteiger partial charge on any atom is -0.462 e. The van der Waals surface area contributed by atoms with Crippen molar-refractivity contribution in [2.24, 2.45) is 5.73 Å². The molecule has 1 aromatic heterocycles. The summed E-state index contributed by atoms with van der Waals surface area (Å²) < 4.78 is 5.36. The van der Waals surface area contributed by atoms with Crippen LogP contribution in [0.1, 0.15) is 30.0 Å². The topological polar surface area (TPSA) is 97.4 Å². The number of benzene rings is 1. The number of nitrogens with one attached hydrogen (secondary N) is 2. The van der Waals surface area contributed by atoms with E-state index in [-0.39, 0.29) is 11.9 Å². The molecule has 0 saturated carbocycles. The summed E-state index contributed by atoms with van der Waals surface area (Å²) in [4.78, 5) is 22.7. The van der Waals surface area contributed by atoms with Gasteiger partial charge in [-0.2, -0.15) is 0 Å². The summed E-state index contributed by atoms with van der Waals surface area (Å²) >= 11 is 0. The smallest absolute Gasteiger partial charge is 0.316 e. The van der Waals surface area contributed by atoms with E-state index in [1.54, 1.807) is 24.3 Å². The molecule has 23 heavy (non-hydrogen) atoms. The molecule has 2 rings (SSSR count). The third-order valence-corrected chi connectivity index (χ3v) is 3.20. The van der Waals surface area contributed by atoms with E-state index in [0.717, 1.165) is 11.3 Å². The van der Waals surface area contributed by atoms with Gasteiger partial charge in [0.15, 0.2) is 0 Å². The van der Waals surface area contributed by atoms with Gasteiger partial charge in [0.05, 0.1) is 6.04 Å². The van der Waals surface area contributed by atoms with Crippen molar-refractivity contribution >= 4 is 23.7 Å². The Morgan fingerprint density at radius 2 is 1.87 bits per heavy atom.